The first-order valence-corrected chi connectivity index (χ1v) is 11.4. The zero-order valence-corrected chi connectivity index (χ0v) is 18.7. The van der Waals surface area contributed by atoms with Crippen molar-refractivity contribution in [2.24, 2.45) is 0 Å². The number of benzene rings is 1. The van der Waals surface area contributed by atoms with E-state index in [1.165, 1.54) is 24.5 Å². The maximum atomic E-state index is 14.7. The third kappa shape index (κ3) is 3.43. The average molecular weight is 435 g/mol. The van der Waals surface area contributed by atoms with Crippen LogP contribution in [0.5, 0.6) is 0 Å². The first-order valence-electron chi connectivity index (χ1n) is 11.0. The number of pyridine rings is 1. The van der Waals surface area contributed by atoms with Crippen molar-refractivity contribution in [1.82, 2.24) is 19.8 Å². The standard InChI is InChI=1S/C25H27FN4S/c1-16-15-19(17(2)29(16)22-13-6-5-11-20(22)26)24-23(21-12-7-8-14-27-21)28-25(31)30(24)18-9-3-4-10-18/h5-8,11-15,18,23-24H,3-4,9-10H2,1-2H3,(H,28,31). The van der Waals surface area contributed by atoms with Crippen LogP contribution in [0.4, 0.5) is 4.39 Å². The number of aromatic nitrogens is 2. The molecular formula is C25H27FN4S. The molecule has 0 spiro atoms. The second-order valence-electron chi connectivity index (χ2n) is 8.59. The predicted octanol–water partition coefficient (Wildman–Crippen LogP) is 5.54. The number of hydrogen-bond donors (Lipinski definition) is 1. The van der Waals surface area contributed by atoms with Gasteiger partial charge in [0.25, 0.3) is 0 Å². The van der Waals surface area contributed by atoms with Crippen molar-refractivity contribution in [2.45, 2.75) is 57.7 Å². The number of aryl methyl sites for hydroxylation is 1. The summed E-state index contributed by atoms with van der Waals surface area (Å²) in [6.07, 6.45) is 6.61. The highest BCUT2D eigenvalue weighted by Crippen LogP contribution is 2.44. The minimum atomic E-state index is -0.218. The lowest BCUT2D eigenvalue weighted by molar-refractivity contribution is 0.245. The fourth-order valence-electron chi connectivity index (χ4n) is 5.36. The molecule has 3 aromatic rings. The molecule has 0 amide bonds. The third-order valence-corrected chi connectivity index (χ3v) is 7.06. The molecule has 1 aliphatic carbocycles. The number of thiocarbonyl (C=S) groups is 1. The molecule has 1 N–H and O–H groups in total. The summed E-state index contributed by atoms with van der Waals surface area (Å²) < 4.78 is 16.7. The SMILES string of the molecule is Cc1cc(C2C(c3ccccn3)NC(=S)N2C2CCCC2)c(C)n1-c1ccccc1F. The van der Waals surface area contributed by atoms with E-state index in [2.05, 4.69) is 34.3 Å². The Bertz CT molecular complexity index is 1100. The third-order valence-electron chi connectivity index (χ3n) is 6.74. The minimum Gasteiger partial charge on any atom is -0.352 e. The number of nitrogens with zero attached hydrogens (tertiary/aromatic N) is 3. The van der Waals surface area contributed by atoms with Crippen molar-refractivity contribution in [2.75, 3.05) is 0 Å². The summed E-state index contributed by atoms with van der Waals surface area (Å²) in [5.41, 5.74) is 4.80. The van der Waals surface area contributed by atoms with Crippen LogP contribution in [0.2, 0.25) is 0 Å². The van der Waals surface area contributed by atoms with E-state index < -0.39 is 0 Å². The van der Waals surface area contributed by atoms with Gasteiger partial charge in [-0.2, -0.15) is 0 Å². The summed E-state index contributed by atoms with van der Waals surface area (Å²) in [5, 5.41) is 4.36. The summed E-state index contributed by atoms with van der Waals surface area (Å²) in [6, 6.07) is 15.6. The second kappa shape index (κ2) is 8.08. The molecule has 31 heavy (non-hydrogen) atoms. The lowest BCUT2D eigenvalue weighted by atomic mass is 9.95. The average Bonchev–Trinajstić information content (AvgIpc) is 3.47. The molecule has 2 atom stereocenters. The fraction of sp³-hybridized carbons (Fsp3) is 0.360. The number of para-hydroxylation sites is 1. The van der Waals surface area contributed by atoms with E-state index in [4.69, 9.17) is 12.2 Å². The van der Waals surface area contributed by atoms with Gasteiger partial charge < -0.3 is 14.8 Å². The quantitative estimate of drug-likeness (QED) is 0.546. The highest BCUT2D eigenvalue weighted by Gasteiger charge is 2.44. The van der Waals surface area contributed by atoms with Gasteiger partial charge in [-0.05, 0) is 74.8 Å². The van der Waals surface area contributed by atoms with Crippen molar-refractivity contribution < 1.29 is 4.39 Å². The molecule has 5 rings (SSSR count). The maximum absolute atomic E-state index is 14.7. The topological polar surface area (TPSA) is 33.1 Å². The summed E-state index contributed by atoms with van der Waals surface area (Å²) in [6.45, 7) is 4.12. The summed E-state index contributed by atoms with van der Waals surface area (Å²) in [5.74, 6) is -0.218. The van der Waals surface area contributed by atoms with Gasteiger partial charge in [0.1, 0.15) is 5.82 Å². The van der Waals surface area contributed by atoms with Crippen LogP contribution < -0.4 is 5.32 Å². The largest absolute Gasteiger partial charge is 0.352 e. The molecule has 2 unspecified atom stereocenters. The predicted molar refractivity (Wildman–Crippen MR) is 125 cm³/mol. The molecular weight excluding hydrogens is 407 g/mol. The van der Waals surface area contributed by atoms with Gasteiger partial charge in [-0.25, -0.2) is 4.39 Å². The number of hydrogen-bond acceptors (Lipinski definition) is 2. The van der Waals surface area contributed by atoms with Crippen LogP contribution in [-0.2, 0) is 0 Å². The molecule has 2 aliphatic rings. The van der Waals surface area contributed by atoms with Gasteiger partial charge in [0.2, 0.25) is 0 Å². The Morgan fingerprint density at radius 2 is 1.81 bits per heavy atom. The normalized spacial score (nSPS) is 21.6. The van der Waals surface area contributed by atoms with Crippen LogP contribution in [0, 0.1) is 19.7 Å². The highest BCUT2D eigenvalue weighted by atomic mass is 32.1. The van der Waals surface area contributed by atoms with E-state index in [9.17, 15) is 4.39 Å². The smallest absolute Gasteiger partial charge is 0.170 e. The number of rotatable bonds is 4. The molecule has 160 valence electrons. The van der Waals surface area contributed by atoms with Crippen LogP contribution in [0.25, 0.3) is 5.69 Å². The van der Waals surface area contributed by atoms with E-state index >= 15 is 0 Å². The zero-order chi connectivity index (χ0) is 21.5. The Kier molecular flexibility index (Phi) is 5.26. The molecule has 3 heterocycles. The Balaban J connectivity index is 1.65. The Hall–Kier alpha value is -2.73. The molecule has 1 aromatic carbocycles. The molecule has 1 saturated carbocycles. The van der Waals surface area contributed by atoms with Crippen molar-refractivity contribution in [3.8, 4) is 5.69 Å². The maximum Gasteiger partial charge on any atom is 0.170 e. The number of halogens is 1. The van der Waals surface area contributed by atoms with E-state index in [1.807, 2.05) is 42.0 Å². The first-order chi connectivity index (χ1) is 15.1. The van der Waals surface area contributed by atoms with E-state index in [-0.39, 0.29) is 17.9 Å². The van der Waals surface area contributed by atoms with Gasteiger partial charge in [0.15, 0.2) is 5.11 Å². The van der Waals surface area contributed by atoms with Crippen molar-refractivity contribution >= 4 is 17.3 Å². The summed E-state index contributed by atoms with van der Waals surface area (Å²) >= 11 is 5.85. The monoisotopic (exact) mass is 434 g/mol. The number of nitrogens with one attached hydrogen (secondary N) is 1. The Morgan fingerprint density at radius 3 is 2.52 bits per heavy atom. The van der Waals surface area contributed by atoms with Gasteiger partial charge in [0, 0.05) is 23.6 Å². The van der Waals surface area contributed by atoms with Crippen molar-refractivity contribution in [3.05, 3.63) is 83.2 Å². The van der Waals surface area contributed by atoms with Crippen LogP contribution in [0.3, 0.4) is 0 Å². The molecule has 4 nitrogen and oxygen atoms in total. The summed E-state index contributed by atoms with van der Waals surface area (Å²) in [7, 11) is 0. The molecule has 2 aromatic heterocycles. The fourth-order valence-corrected chi connectivity index (χ4v) is 5.75. The van der Waals surface area contributed by atoms with Gasteiger partial charge >= 0.3 is 0 Å². The lowest BCUT2D eigenvalue weighted by Crippen LogP contribution is -2.37. The van der Waals surface area contributed by atoms with Crippen molar-refractivity contribution in [1.29, 1.82) is 0 Å². The van der Waals surface area contributed by atoms with Crippen LogP contribution in [-0.4, -0.2) is 25.6 Å². The van der Waals surface area contributed by atoms with Crippen LogP contribution >= 0.6 is 12.2 Å². The van der Waals surface area contributed by atoms with E-state index in [0.717, 1.165) is 35.0 Å². The molecule has 1 saturated heterocycles. The van der Waals surface area contributed by atoms with E-state index in [1.54, 1.807) is 6.07 Å². The van der Waals surface area contributed by atoms with E-state index in [0.29, 0.717) is 11.7 Å². The summed E-state index contributed by atoms with van der Waals surface area (Å²) in [4.78, 5) is 7.05. The van der Waals surface area contributed by atoms with Gasteiger partial charge in [0.05, 0.1) is 23.5 Å². The second-order valence-corrected chi connectivity index (χ2v) is 8.97. The van der Waals surface area contributed by atoms with Crippen LogP contribution in [0.1, 0.15) is 60.4 Å². The molecule has 0 bridgehead atoms. The molecule has 6 heteroatoms. The van der Waals surface area contributed by atoms with Gasteiger partial charge in [-0.1, -0.05) is 31.0 Å². The highest BCUT2D eigenvalue weighted by molar-refractivity contribution is 7.80. The minimum absolute atomic E-state index is 0.0252. The first kappa shape index (κ1) is 20.2. The molecule has 1 aliphatic heterocycles. The van der Waals surface area contributed by atoms with Crippen LogP contribution in [0.15, 0.2) is 54.7 Å². The lowest BCUT2D eigenvalue weighted by Gasteiger charge is -2.33. The molecule has 2 fully saturated rings. The molecule has 0 radical (unpaired) electrons. The van der Waals surface area contributed by atoms with Gasteiger partial charge in [-0.3, -0.25) is 4.98 Å². The van der Waals surface area contributed by atoms with Gasteiger partial charge in [-0.15, -0.1) is 0 Å². The Labute approximate surface area is 188 Å². The Morgan fingerprint density at radius 1 is 1.06 bits per heavy atom. The zero-order valence-electron chi connectivity index (χ0n) is 17.9. The van der Waals surface area contributed by atoms with Crippen molar-refractivity contribution in [3.63, 3.8) is 0 Å².